The van der Waals surface area contributed by atoms with Crippen LogP contribution in [0.4, 0.5) is 19.0 Å². The molecule has 1 amide bonds. The molecule has 2 rings (SSSR count). The van der Waals surface area contributed by atoms with Crippen LogP contribution in [0.3, 0.4) is 0 Å². The number of halogens is 3. The third-order valence-corrected chi connectivity index (χ3v) is 2.94. The van der Waals surface area contributed by atoms with E-state index >= 15 is 0 Å². The zero-order chi connectivity index (χ0) is 14.0. The molecule has 1 aliphatic rings. The Morgan fingerprint density at radius 1 is 1.53 bits per heavy atom. The Kier molecular flexibility index (Phi) is 3.61. The average Bonchev–Trinajstić information content (AvgIpc) is 2.38. The molecule has 5 nitrogen and oxygen atoms in total. The van der Waals surface area contributed by atoms with Gasteiger partial charge in [-0.2, -0.15) is 13.2 Å². The van der Waals surface area contributed by atoms with Crippen molar-refractivity contribution < 1.29 is 18.0 Å². The predicted octanol–water partition coefficient (Wildman–Crippen LogP) is 0.364. The highest BCUT2D eigenvalue weighted by Gasteiger charge is 2.33. The van der Waals surface area contributed by atoms with Crippen molar-refractivity contribution in [1.82, 2.24) is 10.3 Å². The van der Waals surface area contributed by atoms with Gasteiger partial charge in [-0.05, 0) is 12.1 Å². The predicted molar refractivity (Wildman–Crippen MR) is 62.4 cm³/mol. The Labute approximate surface area is 107 Å². The number of alkyl halides is 3. The van der Waals surface area contributed by atoms with E-state index in [2.05, 4.69) is 10.3 Å². The molecule has 1 aromatic heterocycles. The molecule has 0 radical (unpaired) electrons. The van der Waals surface area contributed by atoms with Gasteiger partial charge in [-0.1, -0.05) is 0 Å². The van der Waals surface area contributed by atoms with E-state index in [4.69, 9.17) is 5.73 Å². The van der Waals surface area contributed by atoms with Gasteiger partial charge in [-0.3, -0.25) is 4.79 Å². The van der Waals surface area contributed by atoms with Crippen molar-refractivity contribution in [2.45, 2.75) is 12.2 Å². The number of nitrogens with one attached hydrogen (secondary N) is 1. The van der Waals surface area contributed by atoms with Gasteiger partial charge in [0.2, 0.25) is 5.91 Å². The summed E-state index contributed by atoms with van der Waals surface area (Å²) in [6.07, 6.45) is -3.35. The van der Waals surface area contributed by atoms with Gasteiger partial charge in [-0.15, -0.1) is 0 Å². The van der Waals surface area contributed by atoms with Crippen LogP contribution in [-0.2, 0) is 11.0 Å². The van der Waals surface area contributed by atoms with Crippen molar-refractivity contribution in [3.63, 3.8) is 0 Å². The first kappa shape index (κ1) is 13.6. The molecule has 1 saturated heterocycles. The summed E-state index contributed by atoms with van der Waals surface area (Å²) in [5.41, 5.74) is 4.46. The molecule has 0 saturated carbocycles. The Bertz CT molecular complexity index is 477. The van der Waals surface area contributed by atoms with Crippen LogP contribution in [0.2, 0.25) is 0 Å². The van der Waals surface area contributed by atoms with Crippen LogP contribution in [0.15, 0.2) is 18.3 Å². The fraction of sp³-hybridized carbons (Fsp3) is 0.455. The number of hydrogen-bond acceptors (Lipinski definition) is 4. The zero-order valence-electron chi connectivity index (χ0n) is 9.94. The number of pyridine rings is 1. The van der Waals surface area contributed by atoms with Crippen LogP contribution in [0.5, 0.6) is 0 Å². The lowest BCUT2D eigenvalue weighted by Crippen LogP contribution is -2.57. The van der Waals surface area contributed by atoms with Crippen LogP contribution in [-0.4, -0.2) is 36.6 Å². The van der Waals surface area contributed by atoms with Crippen molar-refractivity contribution in [1.29, 1.82) is 0 Å². The number of aromatic nitrogens is 1. The second-order valence-corrected chi connectivity index (χ2v) is 4.22. The number of nitrogens with zero attached hydrogens (tertiary/aromatic N) is 2. The minimum atomic E-state index is -4.44. The van der Waals surface area contributed by atoms with Gasteiger partial charge in [0.25, 0.3) is 0 Å². The molecule has 8 heteroatoms. The summed E-state index contributed by atoms with van der Waals surface area (Å²) in [5, 5.41) is 2.97. The number of rotatable bonds is 2. The molecular formula is C11H13F3N4O. The van der Waals surface area contributed by atoms with Crippen LogP contribution in [0.1, 0.15) is 5.56 Å². The third-order valence-electron chi connectivity index (χ3n) is 2.94. The molecule has 1 aromatic rings. The summed E-state index contributed by atoms with van der Waals surface area (Å²) in [6.45, 7) is 1.23. The fourth-order valence-corrected chi connectivity index (χ4v) is 1.98. The van der Waals surface area contributed by atoms with E-state index in [-0.39, 0.29) is 5.82 Å². The topological polar surface area (TPSA) is 71.2 Å². The minimum Gasteiger partial charge on any atom is -0.368 e. The first-order valence-electron chi connectivity index (χ1n) is 5.69. The van der Waals surface area contributed by atoms with E-state index in [1.54, 1.807) is 0 Å². The molecule has 3 N–H and O–H groups in total. The van der Waals surface area contributed by atoms with Gasteiger partial charge >= 0.3 is 6.18 Å². The van der Waals surface area contributed by atoms with Gasteiger partial charge in [0, 0.05) is 25.8 Å². The van der Waals surface area contributed by atoms with Crippen molar-refractivity contribution in [2.24, 2.45) is 5.73 Å². The summed E-state index contributed by atoms with van der Waals surface area (Å²) in [5.74, 6) is -0.480. The molecule has 19 heavy (non-hydrogen) atoms. The zero-order valence-corrected chi connectivity index (χ0v) is 9.94. The summed E-state index contributed by atoms with van der Waals surface area (Å²) in [6, 6.07) is 1.14. The molecule has 0 aromatic carbocycles. The van der Waals surface area contributed by atoms with Crippen molar-refractivity contribution >= 4 is 11.7 Å². The highest BCUT2D eigenvalue weighted by Crippen LogP contribution is 2.31. The van der Waals surface area contributed by atoms with Crippen LogP contribution in [0, 0.1) is 0 Å². The smallest absolute Gasteiger partial charge is 0.368 e. The van der Waals surface area contributed by atoms with E-state index in [1.165, 1.54) is 4.90 Å². The molecule has 1 unspecified atom stereocenters. The largest absolute Gasteiger partial charge is 0.416 e. The maximum absolute atomic E-state index is 12.6. The maximum atomic E-state index is 12.6. The highest BCUT2D eigenvalue weighted by molar-refractivity contribution is 5.83. The number of nitrogens with two attached hydrogens (primary N) is 1. The van der Waals surface area contributed by atoms with Gasteiger partial charge in [0.15, 0.2) is 0 Å². The molecule has 1 atom stereocenters. The summed E-state index contributed by atoms with van der Waals surface area (Å²) in [7, 11) is 0. The van der Waals surface area contributed by atoms with Gasteiger partial charge in [-0.25, -0.2) is 4.98 Å². The molecule has 104 valence electrons. The number of primary amides is 1. The van der Waals surface area contributed by atoms with E-state index in [0.29, 0.717) is 19.6 Å². The van der Waals surface area contributed by atoms with Gasteiger partial charge in [0.1, 0.15) is 11.9 Å². The number of piperazine rings is 1. The minimum absolute atomic E-state index is 0.111. The SMILES string of the molecule is NC(=O)C1CNCCN1c1cc(C(F)(F)F)ccn1. The number of amides is 1. The second kappa shape index (κ2) is 5.04. The first-order chi connectivity index (χ1) is 8.89. The molecule has 1 aliphatic heterocycles. The van der Waals surface area contributed by atoms with Gasteiger partial charge < -0.3 is 16.0 Å². The van der Waals surface area contributed by atoms with E-state index < -0.39 is 23.7 Å². The van der Waals surface area contributed by atoms with E-state index in [1.807, 2.05) is 0 Å². The maximum Gasteiger partial charge on any atom is 0.416 e. The molecule has 0 bridgehead atoms. The molecule has 0 spiro atoms. The van der Waals surface area contributed by atoms with Crippen LogP contribution in [0.25, 0.3) is 0 Å². The second-order valence-electron chi connectivity index (χ2n) is 4.22. The Hall–Kier alpha value is -1.83. The van der Waals surface area contributed by atoms with E-state index in [9.17, 15) is 18.0 Å². The normalized spacial score (nSPS) is 20.4. The number of carbonyl (C=O) groups is 1. The quantitative estimate of drug-likeness (QED) is 0.817. The summed E-state index contributed by atoms with van der Waals surface area (Å²) in [4.78, 5) is 16.7. The molecule has 1 fully saturated rings. The Morgan fingerprint density at radius 3 is 2.89 bits per heavy atom. The van der Waals surface area contributed by atoms with Crippen LogP contribution < -0.4 is 16.0 Å². The van der Waals surface area contributed by atoms with Gasteiger partial charge in [0.05, 0.1) is 5.56 Å². The standard InChI is InChI=1S/C11H13F3N4O/c12-11(13,14)7-1-2-17-9(5-7)18-4-3-16-6-8(18)10(15)19/h1-2,5,8,16H,3-4,6H2,(H2,15,19). The lowest BCUT2D eigenvalue weighted by Gasteiger charge is -2.35. The highest BCUT2D eigenvalue weighted by atomic mass is 19.4. The van der Waals surface area contributed by atoms with Crippen LogP contribution >= 0.6 is 0 Å². The van der Waals surface area contributed by atoms with Crippen molar-refractivity contribution in [3.8, 4) is 0 Å². The fourth-order valence-electron chi connectivity index (χ4n) is 1.98. The molecule has 0 aliphatic carbocycles. The van der Waals surface area contributed by atoms with Crippen molar-refractivity contribution in [2.75, 3.05) is 24.5 Å². The number of hydrogen-bond donors (Lipinski definition) is 2. The lowest BCUT2D eigenvalue weighted by atomic mass is 10.1. The number of carbonyl (C=O) groups excluding carboxylic acids is 1. The lowest BCUT2D eigenvalue weighted by molar-refractivity contribution is -0.137. The average molecular weight is 274 g/mol. The molecular weight excluding hydrogens is 261 g/mol. The van der Waals surface area contributed by atoms with E-state index in [0.717, 1.165) is 18.3 Å². The first-order valence-corrected chi connectivity index (χ1v) is 5.69. The Morgan fingerprint density at radius 2 is 2.26 bits per heavy atom. The van der Waals surface area contributed by atoms with Crippen molar-refractivity contribution in [3.05, 3.63) is 23.9 Å². The molecule has 2 heterocycles. The number of anilines is 1. The Balaban J connectivity index is 2.32. The monoisotopic (exact) mass is 274 g/mol. The summed E-state index contributed by atoms with van der Waals surface area (Å²) >= 11 is 0. The summed E-state index contributed by atoms with van der Waals surface area (Å²) < 4.78 is 37.9. The third kappa shape index (κ3) is 2.95.